The predicted octanol–water partition coefficient (Wildman–Crippen LogP) is 1.59. The van der Waals surface area contributed by atoms with Gasteiger partial charge in [0.25, 0.3) is 0 Å². The second-order valence-electron chi connectivity index (χ2n) is 5.65. The topological polar surface area (TPSA) is 84.0 Å². The zero-order valence-electron chi connectivity index (χ0n) is 11.5. The number of aromatic nitrogens is 1. The first-order valence-electron chi connectivity index (χ1n) is 6.53. The van der Waals surface area contributed by atoms with Crippen molar-refractivity contribution in [2.45, 2.75) is 26.8 Å². The van der Waals surface area contributed by atoms with Crippen LogP contribution in [0, 0.1) is 5.41 Å². The van der Waals surface area contributed by atoms with Gasteiger partial charge in [0.1, 0.15) is 0 Å². The molecule has 104 valence electrons. The Morgan fingerprint density at radius 1 is 1.42 bits per heavy atom. The lowest BCUT2D eigenvalue weighted by Crippen LogP contribution is -2.30. The van der Waals surface area contributed by atoms with E-state index in [4.69, 9.17) is 10.2 Å². The molecule has 1 heterocycles. The van der Waals surface area contributed by atoms with Crippen molar-refractivity contribution in [1.82, 2.24) is 10.3 Å². The minimum Gasteiger partial charge on any atom is -0.408 e. The maximum atomic E-state index is 11.1. The lowest BCUT2D eigenvalue weighted by atomic mass is 9.89. The minimum absolute atomic E-state index is 0.197. The monoisotopic (exact) mass is 263 g/mol. The molecular weight excluding hydrogens is 242 g/mol. The second-order valence-corrected chi connectivity index (χ2v) is 5.65. The Hall–Kier alpha value is -1.59. The Morgan fingerprint density at radius 2 is 2.21 bits per heavy atom. The van der Waals surface area contributed by atoms with Crippen molar-refractivity contribution in [2.24, 2.45) is 11.1 Å². The van der Waals surface area contributed by atoms with Gasteiger partial charge >= 0.3 is 5.76 Å². The van der Waals surface area contributed by atoms with Gasteiger partial charge in [0, 0.05) is 13.1 Å². The van der Waals surface area contributed by atoms with E-state index < -0.39 is 5.76 Å². The molecule has 0 aliphatic carbocycles. The fourth-order valence-corrected chi connectivity index (χ4v) is 2.13. The number of benzene rings is 1. The summed E-state index contributed by atoms with van der Waals surface area (Å²) in [6.45, 7) is 6.77. The van der Waals surface area contributed by atoms with Crippen LogP contribution < -0.4 is 16.8 Å². The molecule has 0 bridgehead atoms. The number of hydrogen-bond acceptors (Lipinski definition) is 4. The third-order valence-electron chi connectivity index (χ3n) is 3.24. The van der Waals surface area contributed by atoms with Crippen molar-refractivity contribution in [3.63, 3.8) is 0 Å². The third-order valence-corrected chi connectivity index (χ3v) is 3.24. The molecule has 2 rings (SSSR count). The number of nitrogens with one attached hydrogen (secondary N) is 2. The van der Waals surface area contributed by atoms with Crippen molar-refractivity contribution in [3.05, 3.63) is 34.3 Å². The summed E-state index contributed by atoms with van der Waals surface area (Å²) in [5.74, 6) is -0.413. The summed E-state index contributed by atoms with van der Waals surface area (Å²) in [5, 5.41) is 3.42. The van der Waals surface area contributed by atoms with Crippen LogP contribution in [0.2, 0.25) is 0 Å². The first-order chi connectivity index (χ1) is 9.00. The van der Waals surface area contributed by atoms with Gasteiger partial charge in [-0.15, -0.1) is 0 Å². The largest absolute Gasteiger partial charge is 0.417 e. The fourth-order valence-electron chi connectivity index (χ4n) is 2.13. The van der Waals surface area contributed by atoms with Gasteiger partial charge in [0.2, 0.25) is 0 Å². The number of aromatic amines is 1. The number of hydrogen-bond donors (Lipinski definition) is 3. The SMILES string of the molecule is CC(C)(CCN)CNCc1ccc2oc(=O)[nH]c2c1. The van der Waals surface area contributed by atoms with Gasteiger partial charge < -0.3 is 15.5 Å². The van der Waals surface area contributed by atoms with Crippen molar-refractivity contribution in [2.75, 3.05) is 13.1 Å². The standard InChI is InChI=1S/C14H21N3O2/c1-14(2,5-6-15)9-16-8-10-3-4-12-11(7-10)17-13(18)19-12/h3-4,7,16H,5-6,8-9,15H2,1-2H3,(H,17,18). The van der Waals surface area contributed by atoms with Crippen LogP contribution in [0.5, 0.6) is 0 Å². The average Bonchev–Trinajstić information content (AvgIpc) is 2.68. The molecule has 19 heavy (non-hydrogen) atoms. The Kier molecular flexibility index (Phi) is 4.07. The van der Waals surface area contributed by atoms with E-state index in [1.165, 1.54) is 0 Å². The molecule has 5 nitrogen and oxygen atoms in total. The summed E-state index contributed by atoms with van der Waals surface area (Å²) < 4.78 is 4.97. The summed E-state index contributed by atoms with van der Waals surface area (Å²) in [5.41, 5.74) is 8.24. The van der Waals surface area contributed by atoms with Crippen molar-refractivity contribution < 1.29 is 4.42 Å². The number of rotatable bonds is 6. The molecule has 0 aliphatic heterocycles. The van der Waals surface area contributed by atoms with Crippen LogP contribution in [-0.2, 0) is 6.54 Å². The van der Waals surface area contributed by atoms with Gasteiger partial charge in [-0.3, -0.25) is 4.98 Å². The summed E-state index contributed by atoms with van der Waals surface area (Å²) in [7, 11) is 0. The van der Waals surface area contributed by atoms with Crippen LogP contribution in [0.1, 0.15) is 25.8 Å². The number of nitrogens with two attached hydrogens (primary N) is 1. The lowest BCUT2D eigenvalue weighted by molar-refractivity contribution is 0.319. The summed E-state index contributed by atoms with van der Waals surface area (Å²) in [6, 6.07) is 5.71. The van der Waals surface area contributed by atoms with E-state index in [1.54, 1.807) is 0 Å². The van der Waals surface area contributed by atoms with Gasteiger partial charge in [0.05, 0.1) is 5.52 Å². The normalized spacial score (nSPS) is 12.2. The van der Waals surface area contributed by atoms with E-state index >= 15 is 0 Å². The highest BCUT2D eigenvalue weighted by Gasteiger charge is 2.15. The molecular formula is C14H21N3O2. The van der Waals surface area contributed by atoms with Gasteiger partial charge in [-0.2, -0.15) is 0 Å². The summed E-state index contributed by atoms with van der Waals surface area (Å²) in [4.78, 5) is 13.7. The molecule has 0 radical (unpaired) electrons. The van der Waals surface area contributed by atoms with Gasteiger partial charge in [0.15, 0.2) is 5.58 Å². The molecule has 0 saturated carbocycles. The van der Waals surface area contributed by atoms with E-state index in [0.29, 0.717) is 12.1 Å². The Labute approximate surface area is 112 Å². The second kappa shape index (κ2) is 5.59. The lowest BCUT2D eigenvalue weighted by Gasteiger charge is -2.24. The molecule has 0 saturated heterocycles. The highest BCUT2D eigenvalue weighted by molar-refractivity contribution is 5.72. The minimum atomic E-state index is -0.413. The van der Waals surface area contributed by atoms with Crippen LogP contribution in [0.4, 0.5) is 0 Å². The zero-order valence-corrected chi connectivity index (χ0v) is 11.5. The van der Waals surface area contributed by atoms with Gasteiger partial charge in [-0.05, 0) is 36.1 Å². The molecule has 1 aromatic heterocycles. The van der Waals surface area contributed by atoms with E-state index in [-0.39, 0.29) is 5.41 Å². The van der Waals surface area contributed by atoms with Gasteiger partial charge in [-0.25, -0.2) is 4.79 Å². The summed E-state index contributed by atoms with van der Waals surface area (Å²) in [6.07, 6.45) is 0.994. The highest BCUT2D eigenvalue weighted by Crippen LogP contribution is 2.18. The summed E-state index contributed by atoms with van der Waals surface area (Å²) >= 11 is 0. The molecule has 4 N–H and O–H groups in total. The van der Waals surface area contributed by atoms with Crippen LogP contribution >= 0.6 is 0 Å². The molecule has 5 heteroatoms. The molecule has 2 aromatic rings. The van der Waals surface area contributed by atoms with Crippen molar-refractivity contribution in [3.8, 4) is 0 Å². The maximum absolute atomic E-state index is 11.1. The Bertz CT molecular complexity index is 598. The molecule has 0 aliphatic rings. The van der Waals surface area contributed by atoms with Crippen LogP contribution in [0.25, 0.3) is 11.1 Å². The first-order valence-corrected chi connectivity index (χ1v) is 6.53. The number of oxazole rings is 1. The smallest absolute Gasteiger partial charge is 0.408 e. The van der Waals surface area contributed by atoms with Crippen LogP contribution in [-0.4, -0.2) is 18.1 Å². The Balaban J connectivity index is 1.96. The maximum Gasteiger partial charge on any atom is 0.417 e. The van der Waals surface area contributed by atoms with Crippen molar-refractivity contribution in [1.29, 1.82) is 0 Å². The first kappa shape index (κ1) is 13.8. The predicted molar refractivity (Wildman–Crippen MR) is 76.0 cm³/mol. The molecule has 0 spiro atoms. The van der Waals surface area contributed by atoms with Crippen LogP contribution in [0.3, 0.4) is 0 Å². The van der Waals surface area contributed by atoms with Crippen molar-refractivity contribution >= 4 is 11.1 Å². The average molecular weight is 263 g/mol. The third kappa shape index (κ3) is 3.68. The van der Waals surface area contributed by atoms with Gasteiger partial charge in [-0.1, -0.05) is 19.9 Å². The van der Waals surface area contributed by atoms with E-state index in [9.17, 15) is 4.79 Å². The molecule has 1 aromatic carbocycles. The molecule has 0 amide bonds. The van der Waals surface area contributed by atoms with E-state index in [0.717, 1.165) is 30.6 Å². The van der Waals surface area contributed by atoms with Crippen LogP contribution in [0.15, 0.2) is 27.4 Å². The number of fused-ring (bicyclic) bond motifs is 1. The van der Waals surface area contributed by atoms with E-state index in [1.807, 2.05) is 18.2 Å². The fraction of sp³-hybridized carbons (Fsp3) is 0.500. The molecule has 0 atom stereocenters. The molecule has 0 unspecified atom stereocenters. The van der Waals surface area contributed by atoms with E-state index in [2.05, 4.69) is 24.1 Å². The number of H-pyrrole nitrogens is 1. The highest BCUT2D eigenvalue weighted by atomic mass is 16.4. The quantitative estimate of drug-likeness (QED) is 0.739. The molecule has 0 fully saturated rings. The zero-order chi connectivity index (χ0) is 13.9. The Morgan fingerprint density at radius 3 is 2.95 bits per heavy atom.